The van der Waals surface area contributed by atoms with E-state index in [1.54, 1.807) is 6.07 Å². The van der Waals surface area contributed by atoms with E-state index in [1.165, 1.54) is 60.1 Å². The first-order valence-corrected chi connectivity index (χ1v) is 10.2. The molecule has 0 fully saturated rings. The molecule has 25 heavy (non-hydrogen) atoms. The topological polar surface area (TPSA) is 97.6 Å². The van der Waals surface area contributed by atoms with Crippen LogP contribution in [0, 0.1) is 10.1 Å². The number of rotatable bonds is 5. The third kappa shape index (κ3) is 4.18. The van der Waals surface area contributed by atoms with Crippen LogP contribution < -0.4 is 4.90 Å². The summed E-state index contributed by atoms with van der Waals surface area (Å²) in [4.78, 5) is 25.4. The zero-order valence-corrected chi connectivity index (χ0v) is 15.4. The van der Waals surface area contributed by atoms with Gasteiger partial charge in [-0.25, -0.2) is 8.42 Å². The van der Waals surface area contributed by atoms with Crippen molar-refractivity contribution in [3.8, 4) is 0 Å². The zero-order chi connectivity index (χ0) is 18.8. The number of benzene rings is 2. The first kappa shape index (κ1) is 18.9. The monoisotopic (exact) mass is 380 g/mol. The van der Waals surface area contributed by atoms with Gasteiger partial charge >= 0.3 is 0 Å². The molecule has 0 heterocycles. The molecule has 0 aliphatic rings. The fraction of sp³-hybridized carbons (Fsp3) is 0.188. The minimum Gasteiger partial charge on any atom is -0.311 e. The molecule has 0 saturated heterocycles. The van der Waals surface area contributed by atoms with Crippen LogP contribution in [0.2, 0.25) is 0 Å². The van der Waals surface area contributed by atoms with Crippen molar-refractivity contribution >= 4 is 38.9 Å². The van der Waals surface area contributed by atoms with Crippen LogP contribution in [0.25, 0.3) is 0 Å². The lowest BCUT2D eigenvalue weighted by Crippen LogP contribution is -2.27. The molecule has 0 N–H and O–H groups in total. The Hall–Kier alpha value is -2.39. The maximum Gasteiger partial charge on any atom is 0.282 e. The van der Waals surface area contributed by atoms with E-state index in [9.17, 15) is 23.3 Å². The van der Waals surface area contributed by atoms with Crippen LogP contribution in [0.5, 0.6) is 0 Å². The van der Waals surface area contributed by atoms with Gasteiger partial charge in [-0.2, -0.15) is 0 Å². The average Bonchev–Trinajstić information content (AvgIpc) is 2.59. The summed E-state index contributed by atoms with van der Waals surface area (Å²) in [5.41, 5.74) is 0.134. The lowest BCUT2D eigenvalue weighted by atomic mass is 10.1. The number of hydrogen-bond donors (Lipinski definition) is 0. The SMILES string of the molecule is CSc1ccc([N+](=O)[O-])c(C(=O)N(C)c2ccc(S(C)(=O)=O)cc2)c1. The Morgan fingerprint density at radius 1 is 1.16 bits per heavy atom. The molecule has 7 nitrogen and oxygen atoms in total. The third-order valence-corrected chi connectivity index (χ3v) is 5.44. The highest BCUT2D eigenvalue weighted by molar-refractivity contribution is 7.98. The van der Waals surface area contributed by atoms with Gasteiger partial charge in [0.1, 0.15) is 5.56 Å². The number of nitro groups is 1. The number of hydrogen-bond acceptors (Lipinski definition) is 6. The Balaban J connectivity index is 2.41. The van der Waals surface area contributed by atoms with Crippen molar-refractivity contribution in [2.24, 2.45) is 0 Å². The van der Waals surface area contributed by atoms with Crippen molar-refractivity contribution in [2.75, 3.05) is 24.5 Å². The Morgan fingerprint density at radius 3 is 2.24 bits per heavy atom. The maximum absolute atomic E-state index is 12.7. The van der Waals surface area contributed by atoms with Crippen molar-refractivity contribution in [3.63, 3.8) is 0 Å². The summed E-state index contributed by atoms with van der Waals surface area (Å²) < 4.78 is 23.0. The minimum atomic E-state index is -3.34. The highest BCUT2D eigenvalue weighted by Crippen LogP contribution is 2.27. The molecule has 1 amide bonds. The molecular weight excluding hydrogens is 364 g/mol. The number of carbonyl (C=O) groups is 1. The van der Waals surface area contributed by atoms with E-state index in [1.807, 2.05) is 6.26 Å². The molecule has 0 aliphatic carbocycles. The van der Waals surface area contributed by atoms with Crippen molar-refractivity contribution < 1.29 is 18.1 Å². The number of nitrogens with zero attached hydrogens (tertiary/aromatic N) is 2. The third-order valence-electron chi connectivity index (χ3n) is 3.59. The van der Waals surface area contributed by atoms with E-state index in [0.29, 0.717) is 5.69 Å². The van der Waals surface area contributed by atoms with Crippen LogP contribution in [0.1, 0.15) is 10.4 Å². The van der Waals surface area contributed by atoms with Crippen LogP contribution in [-0.4, -0.2) is 38.8 Å². The Morgan fingerprint density at radius 2 is 1.76 bits per heavy atom. The van der Waals surface area contributed by atoms with Crippen molar-refractivity contribution in [1.82, 2.24) is 0 Å². The molecule has 132 valence electrons. The Bertz CT molecular complexity index is 924. The second-order valence-corrected chi connectivity index (χ2v) is 8.17. The lowest BCUT2D eigenvalue weighted by Gasteiger charge is -2.18. The van der Waals surface area contributed by atoms with Crippen LogP contribution in [0.3, 0.4) is 0 Å². The van der Waals surface area contributed by atoms with Crippen LogP contribution in [-0.2, 0) is 9.84 Å². The molecule has 0 radical (unpaired) electrons. The van der Waals surface area contributed by atoms with Crippen LogP contribution in [0.15, 0.2) is 52.3 Å². The lowest BCUT2D eigenvalue weighted by molar-refractivity contribution is -0.385. The normalized spacial score (nSPS) is 11.2. The summed E-state index contributed by atoms with van der Waals surface area (Å²) in [7, 11) is -1.86. The number of anilines is 1. The summed E-state index contributed by atoms with van der Waals surface area (Å²) in [6.45, 7) is 0. The molecule has 0 unspecified atom stereocenters. The van der Waals surface area contributed by atoms with Gasteiger partial charge in [0.25, 0.3) is 11.6 Å². The fourth-order valence-corrected chi connectivity index (χ4v) is 3.26. The number of thioether (sulfide) groups is 1. The first-order chi connectivity index (χ1) is 11.6. The smallest absolute Gasteiger partial charge is 0.282 e. The van der Waals surface area contributed by atoms with Crippen molar-refractivity contribution in [2.45, 2.75) is 9.79 Å². The van der Waals surface area contributed by atoms with Gasteiger partial charge in [-0.3, -0.25) is 14.9 Å². The van der Waals surface area contributed by atoms with E-state index >= 15 is 0 Å². The quantitative estimate of drug-likeness (QED) is 0.449. The minimum absolute atomic E-state index is 0.0217. The van der Waals surface area contributed by atoms with Gasteiger partial charge in [-0.15, -0.1) is 11.8 Å². The largest absolute Gasteiger partial charge is 0.311 e. The number of carbonyl (C=O) groups excluding carboxylic acids is 1. The standard InChI is InChI=1S/C16H16N2O5S2/c1-17(11-4-7-13(8-5-11)25(3,22)23)16(19)14-10-12(24-2)6-9-15(14)18(20)21/h4-10H,1-3H3. The van der Waals surface area contributed by atoms with Gasteiger partial charge in [0.15, 0.2) is 9.84 Å². The molecular formula is C16H16N2O5S2. The van der Waals surface area contributed by atoms with Gasteiger partial charge in [0, 0.05) is 30.0 Å². The molecule has 2 aromatic carbocycles. The van der Waals surface area contributed by atoms with E-state index in [2.05, 4.69) is 0 Å². The molecule has 0 aliphatic heterocycles. The van der Waals surface area contributed by atoms with E-state index in [4.69, 9.17) is 0 Å². The molecule has 9 heteroatoms. The highest BCUT2D eigenvalue weighted by Gasteiger charge is 2.24. The molecule has 2 rings (SSSR count). The van der Waals surface area contributed by atoms with Crippen LogP contribution >= 0.6 is 11.8 Å². The van der Waals surface area contributed by atoms with Gasteiger partial charge in [-0.05, 0) is 42.7 Å². The molecule has 0 atom stereocenters. The second-order valence-electron chi connectivity index (χ2n) is 5.27. The van der Waals surface area contributed by atoms with Gasteiger partial charge in [0.05, 0.1) is 9.82 Å². The highest BCUT2D eigenvalue weighted by atomic mass is 32.2. The summed E-state index contributed by atoms with van der Waals surface area (Å²) in [5.74, 6) is -0.547. The van der Waals surface area contributed by atoms with Gasteiger partial charge in [0.2, 0.25) is 0 Å². The Labute approximate surface area is 149 Å². The summed E-state index contributed by atoms with van der Waals surface area (Å²) in [5, 5.41) is 11.2. The van der Waals surface area contributed by atoms with Gasteiger partial charge in [-0.1, -0.05) is 0 Å². The molecule has 2 aromatic rings. The van der Waals surface area contributed by atoms with E-state index in [0.717, 1.165) is 11.2 Å². The van der Waals surface area contributed by atoms with Crippen LogP contribution in [0.4, 0.5) is 11.4 Å². The molecule has 0 spiro atoms. The summed E-state index contributed by atoms with van der Waals surface area (Å²) in [6, 6.07) is 10.1. The van der Waals surface area contributed by atoms with Crippen molar-refractivity contribution in [1.29, 1.82) is 0 Å². The second kappa shape index (κ2) is 7.24. The maximum atomic E-state index is 12.7. The molecule has 0 aromatic heterocycles. The van der Waals surface area contributed by atoms with Crippen molar-refractivity contribution in [3.05, 3.63) is 58.1 Å². The number of amides is 1. The average molecular weight is 380 g/mol. The van der Waals surface area contributed by atoms with E-state index in [-0.39, 0.29) is 16.1 Å². The number of sulfone groups is 1. The van der Waals surface area contributed by atoms with Gasteiger partial charge < -0.3 is 4.90 Å². The Kier molecular flexibility index (Phi) is 5.48. The first-order valence-electron chi connectivity index (χ1n) is 7.05. The van der Waals surface area contributed by atoms with E-state index < -0.39 is 20.7 Å². The molecule has 0 bridgehead atoms. The molecule has 0 saturated carbocycles. The number of nitro benzene ring substituents is 1. The fourth-order valence-electron chi connectivity index (χ4n) is 2.19. The summed E-state index contributed by atoms with van der Waals surface area (Å²) >= 11 is 1.37. The summed E-state index contributed by atoms with van der Waals surface area (Å²) in [6.07, 6.45) is 2.90. The predicted molar refractivity (Wildman–Crippen MR) is 97.2 cm³/mol. The zero-order valence-electron chi connectivity index (χ0n) is 13.8. The predicted octanol–water partition coefficient (Wildman–Crippen LogP) is 3.00.